The van der Waals surface area contributed by atoms with Crippen molar-refractivity contribution in [3.8, 4) is 5.75 Å². The van der Waals surface area contributed by atoms with Gasteiger partial charge in [-0.05, 0) is 50.5 Å². The first-order chi connectivity index (χ1) is 12.8. The van der Waals surface area contributed by atoms with Gasteiger partial charge < -0.3 is 4.74 Å². The highest BCUT2D eigenvalue weighted by molar-refractivity contribution is 5.93. The lowest BCUT2D eigenvalue weighted by atomic mass is 10.1. The van der Waals surface area contributed by atoms with E-state index in [2.05, 4.69) is 16.0 Å². The SMILES string of the molecule is CCCn1nc(C(=O)NNC(=O)[C@H](C)Oc2cccc(C)c2C)ccc1=O. The molecule has 2 N–H and O–H groups in total. The van der Waals surface area contributed by atoms with E-state index in [1.807, 2.05) is 32.9 Å². The van der Waals surface area contributed by atoms with E-state index in [0.29, 0.717) is 18.7 Å². The Labute approximate surface area is 157 Å². The summed E-state index contributed by atoms with van der Waals surface area (Å²) in [5, 5.41) is 3.98. The summed E-state index contributed by atoms with van der Waals surface area (Å²) in [6.07, 6.45) is -0.102. The van der Waals surface area contributed by atoms with Gasteiger partial charge in [0.25, 0.3) is 17.4 Å². The van der Waals surface area contributed by atoms with Crippen LogP contribution >= 0.6 is 0 Å². The number of aryl methyl sites for hydroxylation is 2. The second kappa shape index (κ2) is 8.98. The number of amides is 2. The number of hydrazine groups is 1. The zero-order chi connectivity index (χ0) is 20.0. The molecule has 0 saturated carbocycles. The zero-order valence-corrected chi connectivity index (χ0v) is 15.9. The van der Waals surface area contributed by atoms with Crippen LogP contribution in [-0.4, -0.2) is 27.7 Å². The maximum Gasteiger partial charge on any atom is 0.290 e. The standard InChI is InChI=1S/C19H24N4O4/c1-5-11-23-17(24)10-9-15(22-23)19(26)21-20-18(25)14(4)27-16-8-6-7-12(2)13(16)3/h6-10,14H,5,11H2,1-4H3,(H,20,25)(H,21,26)/t14-/m0/s1. The van der Waals surface area contributed by atoms with Crippen molar-refractivity contribution in [2.24, 2.45) is 0 Å². The summed E-state index contributed by atoms with van der Waals surface area (Å²) in [6, 6.07) is 8.17. The molecule has 1 aromatic carbocycles. The van der Waals surface area contributed by atoms with Crippen molar-refractivity contribution in [2.75, 3.05) is 0 Å². The first-order valence-electron chi connectivity index (χ1n) is 8.74. The monoisotopic (exact) mass is 372 g/mol. The molecule has 0 fully saturated rings. The quantitative estimate of drug-likeness (QED) is 0.748. The average Bonchev–Trinajstić information content (AvgIpc) is 2.65. The number of ether oxygens (including phenoxy) is 1. The first kappa shape index (κ1) is 20.2. The minimum Gasteiger partial charge on any atom is -0.481 e. The Bertz CT molecular complexity index is 892. The lowest BCUT2D eigenvalue weighted by Crippen LogP contribution is -2.47. The number of benzene rings is 1. The van der Waals surface area contributed by atoms with Gasteiger partial charge in [0.05, 0.1) is 0 Å². The number of aromatic nitrogens is 2. The summed E-state index contributed by atoms with van der Waals surface area (Å²) in [5.74, 6) is -0.518. The van der Waals surface area contributed by atoms with Crippen LogP contribution < -0.4 is 21.1 Å². The fraction of sp³-hybridized carbons (Fsp3) is 0.368. The lowest BCUT2D eigenvalue weighted by molar-refractivity contribution is -0.128. The Morgan fingerprint density at radius 2 is 1.93 bits per heavy atom. The Kier molecular flexibility index (Phi) is 6.70. The van der Waals surface area contributed by atoms with Gasteiger partial charge in [-0.15, -0.1) is 0 Å². The molecule has 0 saturated heterocycles. The molecule has 0 unspecified atom stereocenters. The minimum atomic E-state index is -0.812. The Morgan fingerprint density at radius 3 is 2.63 bits per heavy atom. The van der Waals surface area contributed by atoms with Crippen molar-refractivity contribution in [3.05, 3.63) is 57.5 Å². The molecular weight excluding hydrogens is 348 g/mol. The van der Waals surface area contributed by atoms with Gasteiger partial charge in [0.2, 0.25) is 0 Å². The van der Waals surface area contributed by atoms with Crippen LogP contribution in [0, 0.1) is 13.8 Å². The summed E-state index contributed by atoms with van der Waals surface area (Å²) in [5.41, 5.74) is 6.35. The lowest BCUT2D eigenvalue weighted by Gasteiger charge is -2.17. The fourth-order valence-corrected chi connectivity index (χ4v) is 2.32. The van der Waals surface area contributed by atoms with Gasteiger partial charge >= 0.3 is 0 Å². The fourth-order valence-electron chi connectivity index (χ4n) is 2.32. The van der Waals surface area contributed by atoms with Crippen molar-refractivity contribution in [2.45, 2.75) is 46.8 Å². The summed E-state index contributed by atoms with van der Waals surface area (Å²) in [6.45, 7) is 7.76. The molecule has 2 rings (SSSR count). The van der Waals surface area contributed by atoms with E-state index in [-0.39, 0.29) is 11.3 Å². The van der Waals surface area contributed by atoms with Crippen LogP contribution in [0.25, 0.3) is 0 Å². The highest BCUT2D eigenvalue weighted by Gasteiger charge is 2.18. The summed E-state index contributed by atoms with van der Waals surface area (Å²) < 4.78 is 6.88. The van der Waals surface area contributed by atoms with Crippen molar-refractivity contribution >= 4 is 11.8 Å². The molecule has 144 valence electrons. The molecule has 0 bridgehead atoms. The molecule has 8 heteroatoms. The summed E-state index contributed by atoms with van der Waals surface area (Å²) >= 11 is 0. The van der Waals surface area contributed by atoms with E-state index in [0.717, 1.165) is 11.1 Å². The molecule has 0 aliphatic carbocycles. The molecule has 0 radical (unpaired) electrons. The highest BCUT2D eigenvalue weighted by Crippen LogP contribution is 2.21. The molecular formula is C19H24N4O4. The molecule has 2 amide bonds. The second-order valence-corrected chi connectivity index (χ2v) is 6.18. The molecule has 1 aromatic heterocycles. The van der Waals surface area contributed by atoms with E-state index in [9.17, 15) is 14.4 Å². The average molecular weight is 372 g/mol. The number of hydrogen-bond acceptors (Lipinski definition) is 5. The molecule has 0 aliphatic heterocycles. The molecule has 1 atom stereocenters. The van der Waals surface area contributed by atoms with Gasteiger partial charge in [0.15, 0.2) is 11.8 Å². The third kappa shape index (κ3) is 5.16. The predicted molar refractivity (Wildman–Crippen MR) is 100 cm³/mol. The number of carbonyl (C=O) groups excluding carboxylic acids is 2. The maximum atomic E-state index is 12.2. The van der Waals surface area contributed by atoms with Crippen LogP contribution in [0.4, 0.5) is 0 Å². The number of hydrogen-bond donors (Lipinski definition) is 2. The second-order valence-electron chi connectivity index (χ2n) is 6.18. The molecule has 27 heavy (non-hydrogen) atoms. The number of rotatable bonds is 6. The van der Waals surface area contributed by atoms with Gasteiger partial charge in [-0.25, -0.2) is 4.68 Å². The molecule has 0 aliphatic rings. The van der Waals surface area contributed by atoms with Crippen LogP contribution in [0.1, 0.15) is 41.9 Å². The predicted octanol–water partition coefficient (Wildman–Crippen LogP) is 1.50. The van der Waals surface area contributed by atoms with E-state index < -0.39 is 17.9 Å². The largest absolute Gasteiger partial charge is 0.481 e. The Morgan fingerprint density at radius 1 is 1.19 bits per heavy atom. The van der Waals surface area contributed by atoms with Crippen LogP contribution in [0.2, 0.25) is 0 Å². The normalized spacial score (nSPS) is 11.6. The van der Waals surface area contributed by atoms with E-state index in [1.54, 1.807) is 13.0 Å². The third-order valence-electron chi connectivity index (χ3n) is 4.06. The zero-order valence-electron chi connectivity index (χ0n) is 15.9. The maximum absolute atomic E-state index is 12.2. The first-order valence-corrected chi connectivity index (χ1v) is 8.74. The van der Waals surface area contributed by atoms with Crippen LogP contribution in [-0.2, 0) is 11.3 Å². The van der Waals surface area contributed by atoms with Crippen molar-refractivity contribution in [3.63, 3.8) is 0 Å². The smallest absolute Gasteiger partial charge is 0.290 e. The molecule has 0 spiro atoms. The van der Waals surface area contributed by atoms with Gasteiger partial charge in [-0.2, -0.15) is 5.10 Å². The van der Waals surface area contributed by atoms with Gasteiger partial charge in [-0.3, -0.25) is 25.2 Å². The topological polar surface area (TPSA) is 102 Å². The van der Waals surface area contributed by atoms with Crippen molar-refractivity contribution < 1.29 is 14.3 Å². The Hall–Kier alpha value is -3.16. The Balaban J connectivity index is 1.96. The molecule has 1 heterocycles. The van der Waals surface area contributed by atoms with Crippen molar-refractivity contribution in [1.29, 1.82) is 0 Å². The van der Waals surface area contributed by atoms with Crippen LogP contribution in [0.15, 0.2) is 35.1 Å². The molecule has 8 nitrogen and oxygen atoms in total. The number of nitrogens with one attached hydrogen (secondary N) is 2. The van der Waals surface area contributed by atoms with Gasteiger partial charge in [-0.1, -0.05) is 19.1 Å². The van der Waals surface area contributed by atoms with E-state index >= 15 is 0 Å². The number of nitrogens with zero attached hydrogens (tertiary/aromatic N) is 2. The van der Waals surface area contributed by atoms with Crippen LogP contribution in [0.5, 0.6) is 5.75 Å². The van der Waals surface area contributed by atoms with Crippen molar-refractivity contribution in [1.82, 2.24) is 20.6 Å². The highest BCUT2D eigenvalue weighted by atomic mass is 16.5. The van der Waals surface area contributed by atoms with Gasteiger partial charge in [0, 0.05) is 12.6 Å². The summed E-state index contributed by atoms with van der Waals surface area (Å²) in [4.78, 5) is 36.0. The van der Waals surface area contributed by atoms with E-state index in [1.165, 1.54) is 16.8 Å². The minimum absolute atomic E-state index is 0.0338. The van der Waals surface area contributed by atoms with E-state index in [4.69, 9.17) is 4.74 Å². The summed E-state index contributed by atoms with van der Waals surface area (Å²) in [7, 11) is 0. The third-order valence-corrected chi connectivity index (χ3v) is 4.06. The number of carbonyl (C=O) groups is 2. The van der Waals surface area contributed by atoms with Gasteiger partial charge in [0.1, 0.15) is 5.75 Å². The van der Waals surface area contributed by atoms with Crippen LogP contribution in [0.3, 0.4) is 0 Å². The molecule has 2 aromatic rings.